The molecule has 0 unspecified atom stereocenters. The number of hydrogen-bond acceptors (Lipinski definition) is 7. The normalized spacial score (nSPS) is 12.9. The number of aromatic nitrogens is 1. The Bertz CT molecular complexity index is 1210. The molecule has 0 bridgehead atoms. The van der Waals surface area contributed by atoms with E-state index in [1.807, 2.05) is 12.3 Å². The molecular weight excluding hydrogens is 438 g/mol. The van der Waals surface area contributed by atoms with E-state index >= 15 is 0 Å². The second-order valence-electron chi connectivity index (χ2n) is 6.86. The van der Waals surface area contributed by atoms with Gasteiger partial charge in [0.25, 0.3) is 15.9 Å². The fourth-order valence-electron chi connectivity index (χ4n) is 3.06. The summed E-state index contributed by atoms with van der Waals surface area (Å²) in [6.45, 7) is 3.16. The van der Waals surface area contributed by atoms with Gasteiger partial charge < -0.3 is 14.8 Å². The van der Waals surface area contributed by atoms with Crippen LogP contribution in [0.1, 0.15) is 21.1 Å². The van der Waals surface area contributed by atoms with Crippen LogP contribution in [0.25, 0.3) is 0 Å². The summed E-state index contributed by atoms with van der Waals surface area (Å²) in [5.74, 6) is 0.613. The minimum Gasteiger partial charge on any atom is -0.486 e. The number of aryl methyl sites for hydroxylation is 1. The van der Waals surface area contributed by atoms with E-state index in [1.165, 1.54) is 18.2 Å². The number of fused-ring (bicyclic) bond motifs is 1. The molecule has 0 aliphatic carbocycles. The highest BCUT2D eigenvalue weighted by molar-refractivity contribution is 7.92. The third kappa shape index (κ3) is 5.15. The van der Waals surface area contributed by atoms with E-state index in [2.05, 4.69) is 15.0 Å². The Balaban J connectivity index is 1.42. The highest BCUT2D eigenvalue weighted by Crippen LogP contribution is 2.32. The summed E-state index contributed by atoms with van der Waals surface area (Å²) in [5, 5.41) is 5.78. The molecule has 31 heavy (non-hydrogen) atoms. The summed E-state index contributed by atoms with van der Waals surface area (Å²) in [6.07, 6.45) is 0.631. The number of benzene rings is 2. The van der Waals surface area contributed by atoms with Gasteiger partial charge in [0.15, 0.2) is 11.5 Å². The summed E-state index contributed by atoms with van der Waals surface area (Å²) < 4.78 is 39.0. The van der Waals surface area contributed by atoms with E-state index in [-0.39, 0.29) is 16.5 Å². The van der Waals surface area contributed by atoms with E-state index in [0.29, 0.717) is 43.2 Å². The topological polar surface area (TPSA) is 107 Å². The number of sulfonamides is 1. The number of amides is 1. The Morgan fingerprint density at radius 1 is 1.13 bits per heavy atom. The summed E-state index contributed by atoms with van der Waals surface area (Å²) in [5.41, 5.74) is 1.58. The second kappa shape index (κ2) is 8.94. The van der Waals surface area contributed by atoms with Crippen molar-refractivity contribution in [1.82, 2.24) is 10.3 Å². The zero-order chi connectivity index (χ0) is 21.8. The molecule has 2 aromatic carbocycles. The molecule has 10 heteroatoms. The predicted molar refractivity (Wildman–Crippen MR) is 118 cm³/mol. The average molecular weight is 460 g/mol. The lowest BCUT2D eigenvalue weighted by Gasteiger charge is -2.19. The number of nitrogens with zero attached hydrogens (tertiary/aromatic N) is 1. The molecule has 8 nitrogen and oxygen atoms in total. The van der Waals surface area contributed by atoms with Crippen LogP contribution in [0.15, 0.2) is 52.7 Å². The third-order valence-corrected chi connectivity index (χ3v) is 6.74. The molecule has 1 aliphatic heterocycles. The van der Waals surface area contributed by atoms with Gasteiger partial charge >= 0.3 is 0 Å². The number of nitrogens with one attached hydrogen (secondary N) is 2. The van der Waals surface area contributed by atoms with Crippen molar-refractivity contribution in [1.29, 1.82) is 0 Å². The van der Waals surface area contributed by atoms with Crippen molar-refractivity contribution < 1.29 is 22.7 Å². The van der Waals surface area contributed by atoms with Crippen LogP contribution in [-0.2, 0) is 16.4 Å². The van der Waals surface area contributed by atoms with Gasteiger partial charge in [0.2, 0.25) is 0 Å². The molecule has 0 atom stereocenters. The first-order valence-corrected chi connectivity index (χ1v) is 12.0. The molecule has 2 heterocycles. The molecule has 0 saturated heterocycles. The van der Waals surface area contributed by atoms with Gasteiger partial charge in [-0.15, -0.1) is 11.3 Å². The SMILES string of the molecule is Cc1nc(CCNC(=O)c2cccc(NS(=O)(=O)c3ccc4c(c3)OCCO4)c2)cs1. The van der Waals surface area contributed by atoms with Crippen molar-refractivity contribution in [3.05, 3.63) is 64.1 Å². The number of hydrogen-bond donors (Lipinski definition) is 2. The number of carbonyl (C=O) groups is 1. The van der Waals surface area contributed by atoms with Gasteiger partial charge in [0.1, 0.15) is 13.2 Å². The minimum absolute atomic E-state index is 0.0464. The maximum absolute atomic E-state index is 12.8. The van der Waals surface area contributed by atoms with Crippen LogP contribution in [0.2, 0.25) is 0 Å². The fraction of sp³-hybridized carbons (Fsp3) is 0.238. The Hall–Kier alpha value is -3.11. The van der Waals surface area contributed by atoms with E-state index in [9.17, 15) is 13.2 Å². The largest absolute Gasteiger partial charge is 0.486 e. The van der Waals surface area contributed by atoms with Gasteiger partial charge in [-0.2, -0.15) is 0 Å². The molecule has 0 fully saturated rings. The lowest BCUT2D eigenvalue weighted by molar-refractivity contribution is 0.0954. The first-order chi connectivity index (χ1) is 14.9. The molecule has 1 amide bonds. The van der Waals surface area contributed by atoms with Crippen LogP contribution >= 0.6 is 11.3 Å². The molecule has 1 aliphatic rings. The van der Waals surface area contributed by atoms with Crippen molar-refractivity contribution in [3.63, 3.8) is 0 Å². The summed E-state index contributed by atoms with van der Waals surface area (Å²) >= 11 is 1.57. The van der Waals surface area contributed by atoms with Crippen molar-refractivity contribution in [2.24, 2.45) is 0 Å². The standard InChI is InChI=1S/C21H21N3O5S2/c1-14-23-17(13-30-14)7-8-22-21(25)15-3-2-4-16(11-15)24-31(26,27)18-5-6-19-20(12-18)29-10-9-28-19/h2-6,11-13,24H,7-10H2,1H3,(H,22,25). The highest BCUT2D eigenvalue weighted by atomic mass is 32.2. The van der Waals surface area contributed by atoms with Gasteiger partial charge in [0.05, 0.1) is 15.6 Å². The monoisotopic (exact) mass is 459 g/mol. The zero-order valence-corrected chi connectivity index (χ0v) is 18.4. The molecule has 0 saturated carbocycles. The first kappa shape index (κ1) is 21.1. The van der Waals surface area contributed by atoms with Crippen LogP contribution in [0.4, 0.5) is 5.69 Å². The van der Waals surface area contributed by atoms with Crippen LogP contribution < -0.4 is 19.5 Å². The van der Waals surface area contributed by atoms with Crippen molar-refractivity contribution in [2.45, 2.75) is 18.2 Å². The second-order valence-corrected chi connectivity index (χ2v) is 9.60. The summed E-state index contributed by atoms with van der Waals surface area (Å²) in [7, 11) is -3.86. The van der Waals surface area contributed by atoms with Crippen LogP contribution in [0, 0.1) is 6.92 Å². The Morgan fingerprint density at radius 2 is 1.94 bits per heavy atom. The van der Waals surface area contributed by atoms with Crippen LogP contribution in [-0.4, -0.2) is 39.1 Å². The maximum Gasteiger partial charge on any atom is 0.262 e. The van der Waals surface area contributed by atoms with E-state index in [1.54, 1.807) is 35.6 Å². The van der Waals surface area contributed by atoms with Crippen molar-refractivity contribution >= 4 is 33.0 Å². The first-order valence-electron chi connectivity index (χ1n) is 9.62. The molecule has 1 aromatic heterocycles. The van der Waals surface area contributed by atoms with Crippen molar-refractivity contribution in [3.8, 4) is 11.5 Å². The summed E-state index contributed by atoms with van der Waals surface area (Å²) in [6, 6.07) is 10.8. The van der Waals surface area contributed by atoms with Crippen LogP contribution in [0.3, 0.4) is 0 Å². The number of carbonyl (C=O) groups excluding carboxylic acids is 1. The molecule has 162 valence electrons. The summed E-state index contributed by atoms with van der Waals surface area (Å²) in [4.78, 5) is 16.9. The van der Waals surface area contributed by atoms with Gasteiger partial charge in [-0.25, -0.2) is 13.4 Å². The number of rotatable bonds is 7. The van der Waals surface area contributed by atoms with Crippen LogP contribution in [0.5, 0.6) is 11.5 Å². The lowest BCUT2D eigenvalue weighted by Crippen LogP contribution is -2.26. The van der Waals surface area contributed by atoms with Gasteiger partial charge in [-0.3, -0.25) is 9.52 Å². The number of anilines is 1. The van der Waals surface area contributed by atoms with Gasteiger partial charge in [-0.05, 0) is 37.3 Å². The molecule has 2 N–H and O–H groups in total. The molecule has 0 radical (unpaired) electrons. The Morgan fingerprint density at radius 3 is 2.71 bits per heavy atom. The fourth-order valence-corrected chi connectivity index (χ4v) is 4.77. The van der Waals surface area contributed by atoms with Gasteiger partial charge in [0, 0.05) is 35.7 Å². The lowest BCUT2D eigenvalue weighted by atomic mass is 10.2. The maximum atomic E-state index is 12.8. The van der Waals surface area contributed by atoms with E-state index in [0.717, 1.165) is 10.7 Å². The third-order valence-electron chi connectivity index (χ3n) is 4.53. The van der Waals surface area contributed by atoms with E-state index in [4.69, 9.17) is 9.47 Å². The number of thiazole rings is 1. The van der Waals surface area contributed by atoms with Crippen molar-refractivity contribution in [2.75, 3.05) is 24.5 Å². The predicted octanol–water partition coefficient (Wildman–Crippen LogP) is 3.00. The molecule has 0 spiro atoms. The Labute approximate surface area is 184 Å². The van der Waals surface area contributed by atoms with Gasteiger partial charge in [-0.1, -0.05) is 6.07 Å². The zero-order valence-electron chi connectivity index (χ0n) is 16.8. The Kier molecular flexibility index (Phi) is 6.10. The molecule has 4 rings (SSSR count). The molecular formula is C21H21N3O5S2. The molecule has 3 aromatic rings. The minimum atomic E-state index is -3.86. The smallest absolute Gasteiger partial charge is 0.262 e. The highest BCUT2D eigenvalue weighted by Gasteiger charge is 2.20. The quantitative estimate of drug-likeness (QED) is 0.563. The average Bonchev–Trinajstić information content (AvgIpc) is 3.18. The number of ether oxygens (including phenoxy) is 2. The van der Waals surface area contributed by atoms with E-state index < -0.39 is 10.0 Å².